The number of halogens is 2. The highest BCUT2D eigenvalue weighted by Crippen LogP contribution is 2.32. The molecule has 130 valence electrons. The molecule has 0 fully saturated rings. The second kappa shape index (κ2) is 7.15. The van der Waals surface area contributed by atoms with Gasteiger partial charge >= 0.3 is 0 Å². The van der Waals surface area contributed by atoms with Crippen LogP contribution in [0.4, 0.5) is 0 Å². The molecule has 1 N–H and O–H groups in total. The molecule has 3 rings (SSSR count). The average Bonchev–Trinajstić information content (AvgIpc) is 3.16. The molecule has 5 nitrogen and oxygen atoms in total. The van der Waals surface area contributed by atoms with Crippen molar-refractivity contribution in [3.05, 3.63) is 55.7 Å². The van der Waals surface area contributed by atoms with Crippen LogP contribution in [0.25, 0.3) is 0 Å². The van der Waals surface area contributed by atoms with Crippen LogP contribution in [-0.4, -0.2) is 35.2 Å². The summed E-state index contributed by atoms with van der Waals surface area (Å²) >= 11 is 13.4. The molecule has 0 spiro atoms. The summed E-state index contributed by atoms with van der Waals surface area (Å²) in [5, 5.41) is 5.11. The Labute approximate surface area is 158 Å². The molecular formula is C17H14Cl2N2O3S. The molecule has 0 radical (unpaired) electrons. The van der Waals surface area contributed by atoms with Gasteiger partial charge in [0.25, 0.3) is 11.8 Å². The maximum Gasteiger partial charge on any atom is 0.262 e. The monoisotopic (exact) mass is 396 g/mol. The summed E-state index contributed by atoms with van der Waals surface area (Å²) in [6, 6.07) is 5.73. The van der Waals surface area contributed by atoms with Crippen LogP contribution in [0.3, 0.4) is 0 Å². The third-order valence-corrected chi connectivity index (χ3v) is 5.63. The number of carbonyl (C=O) groups excluding carboxylic acids is 3. The molecule has 0 saturated heterocycles. The van der Waals surface area contributed by atoms with Gasteiger partial charge in [0.15, 0.2) is 0 Å². The van der Waals surface area contributed by atoms with E-state index in [1.165, 1.54) is 19.1 Å². The molecule has 0 bridgehead atoms. The van der Waals surface area contributed by atoms with Crippen molar-refractivity contribution in [2.75, 3.05) is 6.54 Å². The Morgan fingerprint density at radius 3 is 2.32 bits per heavy atom. The highest BCUT2D eigenvalue weighted by atomic mass is 35.5. The molecule has 0 saturated carbocycles. The number of hydrogen-bond donors (Lipinski definition) is 1. The Morgan fingerprint density at radius 1 is 1.20 bits per heavy atom. The van der Waals surface area contributed by atoms with Gasteiger partial charge in [-0.15, -0.1) is 11.3 Å². The average molecular weight is 397 g/mol. The van der Waals surface area contributed by atoms with Gasteiger partial charge in [-0.1, -0.05) is 29.3 Å². The molecule has 2 aromatic rings. The first kappa shape index (κ1) is 17.9. The fraction of sp³-hybridized carbons (Fsp3) is 0.235. The molecule has 1 aliphatic rings. The number of benzene rings is 1. The van der Waals surface area contributed by atoms with Crippen LogP contribution in [-0.2, 0) is 11.2 Å². The molecule has 8 heteroatoms. The summed E-state index contributed by atoms with van der Waals surface area (Å²) in [5.74, 6) is -1.47. The van der Waals surface area contributed by atoms with Gasteiger partial charge in [0, 0.05) is 11.4 Å². The van der Waals surface area contributed by atoms with Crippen molar-refractivity contribution in [1.29, 1.82) is 0 Å². The Balaban J connectivity index is 1.69. The lowest BCUT2D eigenvalue weighted by atomic mass is 10.1. The predicted molar refractivity (Wildman–Crippen MR) is 97.5 cm³/mol. The van der Waals surface area contributed by atoms with E-state index in [1.54, 1.807) is 11.3 Å². The first-order valence-corrected chi connectivity index (χ1v) is 9.20. The smallest absolute Gasteiger partial charge is 0.262 e. The molecule has 0 aliphatic carbocycles. The van der Waals surface area contributed by atoms with Crippen molar-refractivity contribution in [2.45, 2.75) is 19.4 Å². The van der Waals surface area contributed by atoms with E-state index in [9.17, 15) is 14.4 Å². The Morgan fingerprint density at radius 2 is 1.80 bits per heavy atom. The van der Waals surface area contributed by atoms with Crippen LogP contribution < -0.4 is 5.32 Å². The largest absolute Gasteiger partial charge is 0.354 e. The third-order valence-electron chi connectivity index (χ3n) is 3.98. The molecule has 1 atom stereocenters. The zero-order valence-electron chi connectivity index (χ0n) is 13.2. The maximum absolute atomic E-state index is 12.5. The number of carbonyl (C=O) groups is 3. The van der Waals surface area contributed by atoms with Crippen LogP contribution >= 0.6 is 34.5 Å². The number of amides is 3. The van der Waals surface area contributed by atoms with Gasteiger partial charge in [-0.3, -0.25) is 19.3 Å². The highest BCUT2D eigenvalue weighted by molar-refractivity contribution is 7.09. The van der Waals surface area contributed by atoms with E-state index in [0.717, 1.165) is 9.78 Å². The van der Waals surface area contributed by atoms with E-state index in [-0.39, 0.29) is 27.1 Å². The quantitative estimate of drug-likeness (QED) is 0.787. The van der Waals surface area contributed by atoms with Crippen LogP contribution in [0.15, 0.2) is 29.6 Å². The second-order valence-corrected chi connectivity index (χ2v) is 7.44. The first-order valence-electron chi connectivity index (χ1n) is 7.57. The molecule has 25 heavy (non-hydrogen) atoms. The summed E-state index contributed by atoms with van der Waals surface area (Å²) in [6.45, 7) is 1.95. The number of fused-ring (bicyclic) bond motifs is 1. The zero-order chi connectivity index (χ0) is 18.1. The van der Waals surface area contributed by atoms with Gasteiger partial charge in [0.05, 0.1) is 21.2 Å². The summed E-state index contributed by atoms with van der Waals surface area (Å²) in [5.41, 5.74) is 0.329. The lowest BCUT2D eigenvalue weighted by Crippen LogP contribution is -2.48. The van der Waals surface area contributed by atoms with E-state index < -0.39 is 17.9 Å². The SMILES string of the molecule is CC(C(=O)NCCc1cccs1)N1C(=O)c2cc(Cl)c(Cl)cc2C1=O. The molecule has 3 amide bonds. The zero-order valence-corrected chi connectivity index (χ0v) is 15.5. The second-order valence-electron chi connectivity index (χ2n) is 5.59. The van der Waals surface area contributed by atoms with Gasteiger partial charge in [0.1, 0.15) is 6.04 Å². The summed E-state index contributed by atoms with van der Waals surface area (Å²) in [4.78, 5) is 39.4. The van der Waals surface area contributed by atoms with Crippen LogP contribution in [0.1, 0.15) is 32.5 Å². The van der Waals surface area contributed by atoms with Crippen molar-refractivity contribution in [3.63, 3.8) is 0 Å². The van der Waals surface area contributed by atoms with Gasteiger partial charge in [-0.25, -0.2) is 0 Å². The fourth-order valence-electron chi connectivity index (χ4n) is 2.63. The first-order chi connectivity index (χ1) is 11.9. The van der Waals surface area contributed by atoms with Crippen LogP contribution in [0.2, 0.25) is 10.0 Å². The van der Waals surface area contributed by atoms with Gasteiger partial charge < -0.3 is 5.32 Å². The van der Waals surface area contributed by atoms with Crippen LogP contribution in [0, 0.1) is 0 Å². The minimum atomic E-state index is -0.923. The minimum Gasteiger partial charge on any atom is -0.354 e. The molecule has 1 aromatic carbocycles. The number of imide groups is 1. The third kappa shape index (κ3) is 3.42. The lowest BCUT2D eigenvalue weighted by Gasteiger charge is -2.21. The van der Waals surface area contributed by atoms with Gasteiger partial charge in [-0.05, 0) is 36.9 Å². The predicted octanol–water partition coefficient (Wildman–Crippen LogP) is 3.40. The van der Waals surface area contributed by atoms with E-state index >= 15 is 0 Å². The number of nitrogens with zero attached hydrogens (tertiary/aromatic N) is 1. The summed E-state index contributed by atoms with van der Waals surface area (Å²) in [6.07, 6.45) is 0.698. The van der Waals surface area contributed by atoms with Crippen molar-refractivity contribution < 1.29 is 14.4 Å². The fourth-order valence-corrected chi connectivity index (χ4v) is 3.67. The summed E-state index contributed by atoms with van der Waals surface area (Å²) < 4.78 is 0. The van der Waals surface area contributed by atoms with Crippen molar-refractivity contribution in [1.82, 2.24) is 10.2 Å². The lowest BCUT2D eigenvalue weighted by molar-refractivity contribution is -0.124. The van der Waals surface area contributed by atoms with Crippen molar-refractivity contribution in [2.24, 2.45) is 0 Å². The van der Waals surface area contributed by atoms with E-state index in [0.29, 0.717) is 13.0 Å². The van der Waals surface area contributed by atoms with E-state index in [2.05, 4.69) is 5.32 Å². The highest BCUT2D eigenvalue weighted by Gasteiger charge is 2.41. The maximum atomic E-state index is 12.5. The normalized spacial score (nSPS) is 14.6. The number of nitrogens with one attached hydrogen (secondary N) is 1. The van der Waals surface area contributed by atoms with Crippen LogP contribution in [0.5, 0.6) is 0 Å². The minimum absolute atomic E-state index is 0.164. The van der Waals surface area contributed by atoms with Gasteiger partial charge in [0.2, 0.25) is 5.91 Å². The van der Waals surface area contributed by atoms with E-state index in [1.807, 2.05) is 17.5 Å². The Bertz CT molecular complexity index is 811. The molecule has 2 heterocycles. The number of hydrogen-bond acceptors (Lipinski definition) is 4. The topological polar surface area (TPSA) is 66.5 Å². The Kier molecular flexibility index (Phi) is 5.13. The Hall–Kier alpha value is -1.89. The van der Waals surface area contributed by atoms with Gasteiger partial charge in [-0.2, -0.15) is 0 Å². The number of rotatable bonds is 5. The molecule has 1 unspecified atom stereocenters. The molecular weight excluding hydrogens is 383 g/mol. The van der Waals surface area contributed by atoms with Crippen molar-refractivity contribution >= 4 is 52.3 Å². The van der Waals surface area contributed by atoms with E-state index in [4.69, 9.17) is 23.2 Å². The standard InChI is InChI=1S/C17H14Cl2N2O3S/c1-9(15(22)20-5-4-10-3-2-6-25-10)21-16(23)11-7-13(18)14(19)8-12(11)17(21)24/h2-3,6-9H,4-5H2,1H3,(H,20,22). The van der Waals surface area contributed by atoms with Crippen molar-refractivity contribution in [3.8, 4) is 0 Å². The number of thiophene rings is 1. The summed E-state index contributed by atoms with van der Waals surface area (Å²) in [7, 11) is 0. The molecule has 1 aromatic heterocycles. The molecule has 1 aliphatic heterocycles.